The Hall–Kier alpha value is -0.0800. The Kier molecular flexibility index (Phi) is 9.85. The van der Waals surface area contributed by atoms with Gasteiger partial charge in [0.2, 0.25) is 0 Å². The molecule has 2 nitrogen and oxygen atoms in total. The van der Waals surface area contributed by atoms with Crippen LogP contribution < -0.4 is 0 Å². The number of hydrogen-bond donors (Lipinski definition) is 0. The molecule has 1 aliphatic heterocycles. The summed E-state index contributed by atoms with van der Waals surface area (Å²) in [5.74, 6) is 1.95. The first-order valence-electron chi connectivity index (χ1n) is 7.46. The van der Waals surface area contributed by atoms with E-state index in [1.54, 1.807) is 0 Å². The summed E-state index contributed by atoms with van der Waals surface area (Å²) in [6, 6.07) is 0. The minimum Gasteiger partial charge on any atom is -0.309 e. The van der Waals surface area contributed by atoms with Crippen molar-refractivity contribution in [3.05, 3.63) is 0 Å². The molecule has 0 spiro atoms. The largest absolute Gasteiger partial charge is 0.309 e. The quantitative estimate of drug-likeness (QED) is 0.729. The summed E-state index contributed by atoms with van der Waals surface area (Å²) < 4.78 is 0. The first kappa shape index (κ1) is 16.9. The van der Waals surface area contributed by atoms with Crippen LogP contribution in [0.5, 0.6) is 0 Å². The molecule has 1 rings (SSSR count). The maximum Gasteiger partial charge on any atom is -0.00190 e. The lowest BCUT2D eigenvalue weighted by Crippen LogP contribution is -2.34. The average molecular weight is 242 g/mol. The Morgan fingerprint density at radius 3 is 2.12 bits per heavy atom. The van der Waals surface area contributed by atoms with Crippen LogP contribution in [0.2, 0.25) is 0 Å². The van der Waals surface area contributed by atoms with Crippen LogP contribution in [-0.2, 0) is 0 Å². The van der Waals surface area contributed by atoms with Gasteiger partial charge in [-0.05, 0) is 71.9 Å². The Morgan fingerprint density at radius 2 is 1.71 bits per heavy atom. The summed E-state index contributed by atoms with van der Waals surface area (Å²) in [6.45, 7) is 10.2. The van der Waals surface area contributed by atoms with Gasteiger partial charge in [0, 0.05) is 0 Å². The third kappa shape index (κ3) is 7.05. The fourth-order valence-electron chi connectivity index (χ4n) is 2.70. The number of hydrogen-bond acceptors (Lipinski definition) is 2. The molecule has 0 N–H and O–H groups in total. The second kappa shape index (κ2) is 9.90. The van der Waals surface area contributed by atoms with Crippen molar-refractivity contribution < 1.29 is 0 Å². The smallest absolute Gasteiger partial charge is 0.00190 e. The van der Waals surface area contributed by atoms with Crippen molar-refractivity contribution in [3.63, 3.8) is 0 Å². The molecule has 1 aliphatic rings. The molecule has 1 unspecified atom stereocenters. The van der Waals surface area contributed by atoms with Gasteiger partial charge in [-0.1, -0.05) is 27.2 Å². The van der Waals surface area contributed by atoms with Crippen LogP contribution in [0.25, 0.3) is 0 Å². The van der Waals surface area contributed by atoms with Crippen LogP contribution in [0.4, 0.5) is 0 Å². The second-order valence-electron chi connectivity index (χ2n) is 5.40. The Balaban J connectivity index is 0.00000121. The van der Waals surface area contributed by atoms with Gasteiger partial charge in [0.25, 0.3) is 0 Å². The highest BCUT2D eigenvalue weighted by Gasteiger charge is 2.23. The van der Waals surface area contributed by atoms with Gasteiger partial charge < -0.3 is 9.80 Å². The predicted octanol–water partition coefficient (Wildman–Crippen LogP) is 3.33. The first-order chi connectivity index (χ1) is 8.13. The van der Waals surface area contributed by atoms with E-state index in [4.69, 9.17) is 0 Å². The SMILES string of the molecule is CC.CCC(CCN(C)C)C1CCN(C)CC1. The van der Waals surface area contributed by atoms with Crippen molar-refractivity contribution in [3.8, 4) is 0 Å². The number of rotatable bonds is 5. The van der Waals surface area contributed by atoms with Crippen molar-refractivity contribution in [2.24, 2.45) is 11.8 Å². The third-order valence-electron chi connectivity index (χ3n) is 3.90. The second-order valence-corrected chi connectivity index (χ2v) is 5.40. The van der Waals surface area contributed by atoms with Crippen molar-refractivity contribution in [2.45, 2.75) is 46.5 Å². The van der Waals surface area contributed by atoms with Gasteiger partial charge in [0.05, 0.1) is 0 Å². The van der Waals surface area contributed by atoms with E-state index >= 15 is 0 Å². The third-order valence-corrected chi connectivity index (χ3v) is 3.90. The van der Waals surface area contributed by atoms with Crippen LogP contribution >= 0.6 is 0 Å². The molecule has 0 bridgehead atoms. The zero-order valence-corrected chi connectivity index (χ0v) is 13.0. The van der Waals surface area contributed by atoms with Gasteiger partial charge in [0.1, 0.15) is 0 Å². The van der Waals surface area contributed by atoms with Gasteiger partial charge in [-0.3, -0.25) is 0 Å². The zero-order chi connectivity index (χ0) is 13.3. The molecule has 1 saturated heterocycles. The topological polar surface area (TPSA) is 6.48 Å². The van der Waals surface area contributed by atoms with E-state index in [-0.39, 0.29) is 0 Å². The molecule has 0 radical (unpaired) electrons. The Morgan fingerprint density at radius 1 is 1.18 bits per heavy atom. The molecule has 1 fully saturated rings. The van der Waals surface area contributed by atoms with Gasteiger partial charge in [-0.25, -0.2) is 0 Å². The fraction of sp³-hybridized carbons (Fsp3) is 1.00. The van der Waals surface area contributed by atoms with E-state index in [9.17, 15) is 0 Å². The molecule has 0 aromatic rings. The van der Waals surface area contributed by atoms with E-state index in [2.05, 4.69) is 37.9 Å². The molecule has 0 aliphatic carbocycles. The molecule has 1 atom stereocenters. The molecule has 2 heteroatoms. The van der Waals surface area contributed by atoms with Gasteiger partial charge in [-0.2, -0.15) is 0 Å². The van der Waals surface area contributed by atoms with Gasteiger partial charge in [-0.15, -0.1) is 0 Å². The molecular weight excluding hydrogens is 208 g/mol. The van der Waals surface area contributed by atoms with E-state index in [1.807, 2.05) is 13.8 Å². The standard InChI is InChI=1S/C13H28N2.C2H6/c1-5-12(6-9-14(2)3)13-7-10-15(4)11-8-13;1-2/h12-13H,5-11H2,1-4H3;1-2H3. The van der Waals surface area contributed by atoms with Crippen LogP contribution in [-0.4, -0.2) is 50.6 Å². The highest BCUT2D eigenvalue weighted by atomic mass is 15.1. The normalized spacial score (nSPS) is 19.9. The Labute approximate surface area is 109 Å². The molecule has 104 valence electrons. The van der Waals surface area contributed by atoms with Crippen LogP contribution in [0.1, 0.15) is 46.5 Å². The molecule has 0 aromatic carbocycles. The lowest BCUT2D eigenvalue weighted by atomic mass is 9.81. The minimum atomic E-state index is 0.959. The highest BCUT2D eigenvalue weighted by molar-refractivity contribution is 4.76. The summed E-state index contributed by atoms with van der Waals surface area (Å²) in [7, 11) is 6.61. The number of nitrogens with zero attached hydrogens (tertiary/aromatic N) is 2. The maximum absolute atomic E-state index is 2.47. The molecule has 17 heavy (non-hydrogen) atoms. The van der Waals surface area contributed by atoms with Crippen molar-refractivity contribution in [1.82, 2.24) is 9.80 Å². The maximum atomic E-state index is 2.47. The number of likely N-dealkylation sites (tertiary alicyclic amines) is 1. The highest BCUT2D eigenvalue weighted by Crippen LogP contribution is 2.29. The molecule has 0 amide bonds. The van der Waals surface area contributed by atoms with Crippen LogP contribution in [0.3, 0.4) is 0 Å². The first-order valence-corrected chi connectivity index (χ1v) is 7.46. The van der Waals surface area contributed by atoms with E-state index in [1.165, 1.54) is 45.3 Å². The van der Waals surface area contributed by atoms with Crippen molar-refractivity contribution >= 4 is 0 Å². The predicted molar refractivity (Wildman–Crippen MR) is 78.5 cm³/mol. The molecule has 0 saturated carbocycles. The fourth-order valence-corrected chi connectivity index (χ4v) is 2.70. The van der Waals surface area contributed by atoms with E-state index in [0.29, 0.717) is 0 Å². The summed E-state index contributed by atoms with van der Waals surface area (Å²) in [5.41, 5.74) is 0. The Bertz CT molecular complexity index is 160. The van der Waals surface area contributed by atoms with Crippen LogP contribution in [0.15, 0.2) is 0 Å². The summed E-state index contributed by atoms with van der Waals surface area (Å²) in [4.78, 5) is 4.78. The lowest BCUT2D eigenvalue weighted by molar-refractivity contribution is 0.155. The summed E-state index contributed by atoms with van der Waals surface area (Å²) in [5, 5.41) is 0. The average Bonchev–Trinajstić information content (AvgIpc) is 2.34. The van der Waals surface area contributed by atoms with Crippen molar-refractivity contribution in [1.29, 1.82) is 0 Å². The van der Waals surface area contributed by atoms with Crippen LogP contribution in [0, 0.1) is 11.8 Å². The van der Waals surface area contributed by atoms with E-state index < -0.39 is 0 Å². The molecule has 0 aromatic heterocycles. The van der Waals surface area contributed by atoms with E-state index in [0.717, 1.165) is 11.8 Å². The minimum absolute atomic E-state index is 0.959. The monoisotopic (exact) mass is 242 g/mol. The molecule has 1 heterocycles. The van der Waals surface area contributed by atoms with Crippen molar-refractivity contribution in [2.75, 3.05) is 40.8 Å². The summed E-state index contributed by atoms with van der Waals surface area (Å²) >= 11 is 0. The lowest BCUT2D eigenvalue weighted by Gasteiger charge is -2.34. The number of piperidine rings is 1. The molecular formula is C15H34N2. The van der Waals surface area contributed by atoms with Gasteiger partial charge >= 0.3 is 0 Å². The zero-order valence-electron chi connectivity index (χ0n) is 13.0. The summed E-state index contributed by atoms with van der Waals surface area (Å²) in [6.07, 6.45) is 5.59. The van der Waals surface area contributed by atoms with Gasteiger partial charge in [0.15, 0.2) is 0 Å².